The van der Waals surface area contributed by atoms with Crippen molar-refractivity contribution >= 4 is 5.78 Å². The molecule has 1 aliphatic rings. The number of carbonyl (C=O) groups excluding carboxylic acids is 1. The Morgan fingerprint density at radius 1 is 1.35 bits per heavy atom. The number of rotatable bonds is 4. The number of ketones is 1. The molecule has 0 radical (unpaired) electrons. The Bertz CT molecular complexity index is 462. The summed E-state index contributed by atoms with van der Waals surface area (Å²) in [4.78, 5) is 16.2. The Hall–Kier alpha value is -1.40. The van der Waals surface area contributed by atoms with Crippen LogP contribution in [0.3, 0.4) is 0 Å². The zero-order chi connectivity index (χ0) is 14.8. The molecule has 0 bridgehead atoms. The van der Waals surface area contributed by atoms with Crippen molar-refractivity contribution in [2.45, 2.75) is 51.7 Å². The molecule has 4 nitrogen and oxygen atoms in total. The number of aromatic nitrogens is 3. The van der Waals surface area contributed by atoms with Crippen LogP contribution in [0.2, 0.25) is 0 Å². The van der Waals surface area contributed by atoms with Crippen LogP contribution in [0.4, 0.5) is 13.2 Å². The Labute approximate surface area is 115 Å². The number of carbonyl (C=O) groups is 1. The Morgan fingerprint density at radius 2 is 2.00 bits per heavy atom. The van der Waals surface area contributed by atoms with Crippen LogP contribution < -0.4 is 0 Å². The lowest BCUT2D eigenvalue weighted by atomic mass is 9.79. The first-order chi connectivity index (χ1) is 9.41. The first-order valence-corrected chi connectivity index (χ1v) is 6.88. The predicted molar refractivity (Wildman–Crippen MR) is 65.9 cm³/mol. The molecule has 0 atom stereocenters. The summed E-state index contributed by atoms with van der Waals surface area (Å²) in [5.74, 6) is -0.940. The van der Waals surface area contributed by atoms with Gasteiger partial charge in [0.1, 0.15) is 17.9 Å². The molecule has 0 saturated heterocycles. The van der Waals surface area contributed by atoms with Crippen LogP contribution in [0.5, 0.6) is 0 Å². The highest BCUT2D eigenvalue weighted by Crippen LogP contribution is 2.39. The van der Waals surface area contributed by atoms with Crippen molar-refractivity contribution in [3.63, 3.8) is 0 Å². The summed E-state index contributed by atoms with van der Waals surface area (Å²) >= 11 is 0. The van der Waals surface area contributed by atoms with Gasteiger partial charge < -0.3 is 0 Å². The van der Waals surface area contributed by atoms with Crippen molar-refractivity contribution in [2.75, 3.05) is 0 Å². The summed E-state index contributed by atoms with van der Waals surface area (Å²) in [5, 5.41) is 3.98. The van der Waals surface area contributed by atoms with Crippen LogP contribution in [0, 0.1) is 11.8 Å². The molecule has 0 unspecified atom stereocenters. The quantitative estimate of drug-likeness (QED) is 0.856. The zero-order valence-electron chi connectivity index (χ0n) is 11.4. The fourth-order valence-electron chi connectivity index (χ4n) is 2.73. The number of hydrogen-bond donors (Lipinski definition) is 0. The lowest BCUT2D eigenvalue weighted by molar-refractivity contribution is -0.184. The molecule has 0 spiro atoms. The standard InChI is InChI=1S/C13H18F3N3O/c1-2-19-12(17-8-18-19)7-11(20)9-3-5-10(6-4-9)13(14,15)16/h8-10H,2-7H2,1H3. The van der Waals surface area contributed by atoms with Crippen molar-refractivity contribution in [1.29, 1.82) is 0 Å². The number of aryl methyl sites for hydroxylation is 1. The smallest absolute Gasteiger partial charge is 0.299 e. The molecule has 7 heteroatoms. The largest absolute Gasteiger partial charge is 0.391 e. The lowest BCUT2D eigenvalue weighted by Gasteiger charge is -2.28. The van der Waals surface area contributed by atoms with Crippen molar-refractivity contribution in [3.8, 4) is 0 Å². The van der Waals surface area contributed by atoms with Gasteiger partial charge in [-0.1, -0.05) is 0 Å². The van der Waals surface area contributed by atoms with E-state index < -0.39 is 12.1 Å². The molecule has 0 aliphatic heterocycles. The van der Waals surface area contributed by atoms with E-state index in [1.807, 2.05) is 6.92 Å². The summed E-state index contributed by atoms with van der Waals surface area (Å²) in [5.41, 5.74) is 0. The van der Waals surface area contributed by atoms with E-state index in [0.717, 1.165) is 0 Å². The lowest BCUT2D eigenvalue weighted by Crippen LogP contribution is -2.31. The van der Waals surface area contributed by atoms with Crippen molar-refractivity contribution < 1.29 is 18.0 Å². The van der Waals surface area contributed by atoms with E-state index in [4.69, 9.17) is 0 Å². The van der Waals surface area contributed by atoms with Gasteiger partial charge in [0, 0.05) is 12.5 Å². The molecule has 1 heterocycles. The highest BCUT2D eigenvalue weighted by Gasteiger charge is 2.42. The van der Waals surface area contributed by atoms with Gasteiger partial charge in [0.05, 0.1) is 12.3 Å². The predicted octanol–water partition coefficient (Wildman–Crippen LogP) is 2.78. The van der Waals surface area contributed by atoms with Crippen LogP contribution in [0.15, 0.2) is 6.33 Å². The van der Waals surface area contributed by atoms with Crippen molar-refractivity contribution in [3.05, 3.63) is 12.2 Å². The maximum Gasteiger partial charge on any atom is 0.391 e. The van der Waals surface area contributed by atoms with E-state index in [-0.39, 0.29) is 31.0 Å². The minimum absolute atomic E-state index is 0.0201. The molecule has 0 amide bonds. The minimum Gasteiger partial charge on any atom is -0.299 e. The third kappa shape index (κ3) is 3.37. The molecule has 112 valence electrons. The van der Waals surface area contributed by atoms with Crippen LogP contribution in [0.25, 0.3) is 0 Å². The highest BCUT2D eigenvalue weighted by molar-refractivity contribution is 5.82. The number of alkyl halides is 3. The second kappa shape index (κ2) is 5.93. The summed E-state index contributed by atoms with van der Waals surface area (Å²) in [6, 6.07) is 0. The molecule has 2 rings (SSSR count). The van der Waals surface area contributed by atoms with Gasteiger partial charge >= 0.3 is 6.18 Å². The van der Waals surface area contributed by atoms with Crippen LogP contribution in [0.1, 0.15) is 38.4 Å². The molecular formula is C13H18F3N3O. The summed E-state index contributed by atoms with van der Waals surface area (Å²) in [6.45, 7) is 2.53. The third-order valence-corrected chi connectivity index (χ3v) is 3.97. The van der Waals surface area contributed by atoms with Crippen LogP contribution in [-0.4, -0.2) is 26.7 Å². The molecule has 1 aromatic heterocycles. The second-order valence-electron chi connectivity index (χ2n) is 5.23. The molecule has 0 N–H and O–H groups in total. The number of nitrogens with zero attached hydrogens (tertiary/aromatic N) is 3. The Morgan fingerprint density at radius 3 is 2.55 bits per heavy atom. The van der Waals surface area contributed by atoms with E-state index in [1.165, 1.54) is 6.33 Å². The van der Waals surface area contributed by atoms with Crippen molar-refractivity contribution in [2.24, 2.45) is 11.8 Å². The minimum atomic E-state index is -4.13. The van der Waals surface area contributed by atoms with Gasteiger partial charge in [-0.2, -0.15) is 18.3 Å². The summed E-state index contributed by atoms with van der Waals surface area (Å²) in [7, 11) is 0. The van der Waals surface area contributed by atoms with E-state index in [9.17, 15) is 18.0 Å². The topological polar surface area (TPSA) is 47.8 Å². The van der Waals surface area contributed by atoms with Gasteiger partial charge in [0.25, 0.3) is 0 Å². The normalized spacial score (nSPS) is 23.8. The van der Waals surface area contributed by atoms with Gasteiger partial charge in [-0.15, -0.1) is 0 Å². The Balaban J connectivity index is 1.89. The summed E-state index contributed by atoms with van der Waals surface area (Å²) in [6.07, 6.45) is -1.81. The molecule has 1 aromatic rings. The zero-order valence-corrected chi connectivity index (χ0v) is 11.4. The number of hydrogen-bond acceptors (Lipinski definition) is 3. The number of halogens is 3. The Kier molecular flexibility index (Phi) is 4.45. The SMILES string of the molecule is CCn1ncnc1CC(=O)C1CCC(C(F)(F)F)CC1. The first-order valence-electron chi connectivity index (χ1n) is 6.88. The molecular weight excluding hydrogens is 271 g/mol. The van der Waals surface area contributed by atoms with E-state index in [2.05, 4.69) is 10.1 Å². The number of Topliss-reactive ketones (excluding diaryl/α,β-unsaturated/α-hetero) is 1. The van der Waals surface area contributed by atoms with Gasteiger partial charge in [-0.25, -0.2) is 9.67 Å². The van der Waals surface area contributed by atoms with Crippen LogP contribution in [-0.2, 0) is 17.8 Å². The second-order valence-corrected chi connectivity index (χ2v) is 5.23. The van der Waals surface area contributed by atoms with E-state index in [1.54, 1.807) is 4.68 Å². The first kappa shape index (κ1) is 15.0. The highest BCUT2D eigenvalue weighted by atomic mass is 19.4. The molecule has 20 heavy (non-hydrogen) atoms. The van der Waals surface area contributed by atoms with Crippen LogP contribution >= 0.6 is 0 Å². The average molecular weight is 289 g/mol. The van der Waals surface area contributed by atoms with E-state index in [0.29, 0.717) is 25.2 Å². The molecule has 0 aromatic carbocycles. The molecule has 1 saturated carbocycles. The van der Waals surface area contributed by atoms with E-state index >= 15 is 0 Å². The third-order valence-electron chi connectivity index (χ3n) is 3.97. The van der Waals surface area contributed by atoms with Crippen molar-refractivity contribution in [1.82, 2.24) is 14.8 Å². The van der Waals surface area contributed by atoms with Gasteiger partial charge in [0.2, 0.25) is 0 Å². The fourth-order valence-corrected chi connectivity index (χ4v) is 2.73. The van der Waals surface area contributed by atoms with Gasteiger partial charge in [-0.05, 0) is 32.6 Å². The van der Waals surface area contributed by atoms with Gasteiger partial charge in [0.15, 0.2) is 0 Å². The van der Waals surface area contributed by atoms with Gasteiger partial charge in [-0.3, -0.25) is 4.79 Å². The molecule has 1 aliphatic carbocycles. The molecule has 1 fully saturated rings. The monoisotopic (exact) mass is 289 g/mol. The maximum atomic E-state index is 12.6. The average Bonchev–Trinajstić information content (AvgIpc) is 2.85. The fraction of sp³-hybridized carbons (Fsp3) is 0.769. The maximum absolute atomic E-state index is 12.6. The summed E-state index contributed by atoms with van der Waals surface area (Å²) < 4.78 is 39.3.